The number of aliphatic carboxylic acids is 1. The smallest absolute Gasteiger partial charge is 0.336 e. The zero-order valence-corrected chi connectivity index (χ0v) is 16.2. The van der Waals surface area contributed by atoms with Crippen LogP contribution >= 0.6 is 0 Å². The van der Waals surface area contributed by atoms with Gasteiger partial charge in [-0.15, -0.1) is 0 Å². The number of anilines is 2. The summed E-state index contributed by atoms with van der Waals surface area (Å²) in [5.41, 5.74) is 2.36. The predicted octanol–water partition coefficient (Wildman–Crippen LogP) is 4.54. The van der Waals surface area contributed by atoms with Crippen LogP contribution in [0, 0.1) is 0 Å². The van der Waals surface area contributed by atoms with Crippen LogP contribution in [0.3, 0.4) is 0 Å². The molecule has 2 heterocycles. The summed E-state index contributed by atoms with van der Waals surface area (Å²) >= 11 is 0. The van der Waals surface area contributed by atoms with Gasteiger partial charge in [0.1, 0.15) is 17.2 Å². The van der Waals surface area contributed by atoms with E-state index in [0.29, 0.717) is 33.7 Å². The minimum atomic E-state index is -1.03. The Labute approximate surface area is 176 Å². The molecule has 0 bridgehead atoms. The molecule has 4 rings (SSSR count). The summed E-state index contributed by atoms with van der Waals surface area (Å²) in [6.45, 7) is 0. The zero-order valence-electron chi connectivity index (χ0n) is 16.2. The number of phenolic OH excluding ortho intramolecular Hbond substituents is 1. The molecule has 2 amide bonds. The van der Waals surface area contributed by atoms with Gasteiger partial charge in [-0.25, -0.2) is 14.6 Å². The molecule has 0 saturated heterocycles. The van der Waals surface area contributed by atoms with Gasteiger partial charge in [-0.1, -0.05) is 36.4 Å². The molecule has 8 nitrogen and oxygen atoms in total. The third kappa shape index (κ3) is 4.54. The number of rotatable bonds is 5. The number of pyridine rings is 1. The van der Waals surface area contributed by atoms with E-state index in [0.717, 1.165) is 0 Å². The minimum absolute atomic E-state index is 0.0422. The lowest BCUT2D eigenvalue weighted by Crippen LogP contribution is -2.20. The number of urea groups is 1. The van der Waals surface area contributed by atoms with Crippen LogP contribution in [0.5, 0.6) is 5.75 Å². The van der Waals surface area contributed by atoms with E-state index < -0.39 is 12.0 Å². The molecule has 0 spiro atoms. The molecule has 0 atom stereocenters. The fourth-order valence-electron chi connectivity index (χ4n) is 3.12. The van der Waals surface area contributed by atoms with Gasteiger partial charge >= 0.3 is 12.0 Å². The van der Waals surface area contributed by atoms with E-state index in [9.17, 15) is 19.8 Å². The van der Waals surface area contributed by atoms with Crippen molar-refractivity contribution in [3.8, 4) is 5.75 Å². The number of aromatic amines is 1. The van der Waals surface area contributed by atoms with Gasteiger partial charge in [0, 0.05) is 28.9 Å². The first kappa shape index (κ1) is 19.7. The molecule has 2 aromatic heterocycles. The lowest BCUT2D eigenvalue weighted by atomic mass is 10.0. The van der Waals surface area contributed by atoms with E-state index in [2.05, 4.69) is 20.6 Å². The summed E-state index contributed by atoms with van der Waals surface area (Å²) in [7, 11) is 0. The van der Waals surface area contributed by atoms with Crippen molar-refractivity contribution in [2.75, 3.05) is 10.6 Å². The quantitative estimate of drug-likeness (QED) is 0.306. The van der Waals surface area contributed by atoms with E-state index in [4.69, 9.17) is 0 Å². The van der Waals surface area contributed by atoms with Gasteiger partial charge in [-0.2, -0.15) is 0 Å². The zero-order chi connectivity index (χ0) is 21.8. The van der Waals surface area contributed by atoms with Gasteiger partial charge in [0.15, 0.2) is 0 Å². The number of carbonyl (C=O) groups is 2. The van der Waals surface area contributed by atoms with Crippen molar-refractivity contribution in [2.45, 2.75) is 0 Å². The predicted molar refractivity (Wildman–Crippen MR) is 119 cm³/mol. The molecule has 0 aliphatic carbocycles. The van der Waals surface area contributed by atoms with Gasteiger partial charge in [0.05, 0.1) is 5.57 Å². The summed E-state index contributed by atoms with van der Waals surface area (Å²) in [6, 6.07) is 17.9. The number of hydrogen-bond donors (Lipinski definition) is 5. The molecule has 0 radical (unpaired) electrons. The maximum absolute atomic E-state index is 12.2. The Balaban J connectivity index is 1.56. The Bertz CT molecular complexity index is 1300. The largest absolute Gasteiger partial charge is 0.508 e. The second kappa shape index (κ2) is 8.42. The van der Waals surface area contributed by atoms with Crippen molar-refractivity contribution in [1.82, 2.24) is 9.97 Å². The van der Waals surface area contributed by atoms with Crippen molar-refractivity contribution < 1.29 is 19.8 Å². The van der Waals surface area contributed by atoms with Gasteiger partial charge in [0.2, 0.25) is 0 Å². The molecule has 0 fully saturated rings. The van der Waals surface area contributed by atoms with E-state index >= 15 is 0 Å². The number of carbonyl (C=O) groups excluding carboxylic acids is 1. The molecule has 31 heavy (non-hydrogen) atoms. The number of benzene rings is 2. The molecule has 0 aliphatic rings. The number of aromatic hydroxyl groups is 1. The highest BCUT2D eigenvalue weighted by molar-refractivity contribution is 6.21. The van der Waals surface area contributed by atoms with Crippen LogP contribution in [-0.2, 0) is 4.79 Å². The highest BCUT2D eigenvalue weighted by Crippen LogP contribution is 2.25. The summed E-state index contributed by atoms with van der Waals surface area (Å²) in [5, 5.41) is 25.0. The minimum Gasteiger partial charge on any atom is -0.508 e. The molecule has 0 unspecified atom stereocenters. The second-order valence-electron chi connectivity index (χ2n) is 6.70. The number of amides is 2. The molecule has 8 heteroatoms. The maximum atomic E-state index is 12.2. The van der Waals surface area contributed by atoms with Crippen LogP contribution in [0.2, 0.25) is 0 Å². The van der Waals surface area contributed by atoms with Crippen molar-refractivity contribution in [3.63, 3.8) is 0 Å². The number of hydrogen-bond acceptors (Lipinski definition) is 4. The monoisotopic (exact) mass is 414 g/mol. The Hall–Kier alpha value is -4.59. The van der Waals surface area contributed by atoms with Crippen LogP contribution < -0.4 is 10.6 Å². The number of aromatic nitrogens is 2. The molecular weight excluding hydrogens is 396 g/mol. The Kier molecular flexibility index (Phi) is 5.35. The van der Waals surface area contributed by atoms with Crippen LogP contribution in [-0.4, -0.2) is 32.2 Å². The fourth-order valence-corrected chi connectivity index (χ4v) is 3.12. The summed E-state index contributed by atoms with van der Waals surface area (Å²) in [4.78, 5) is 31.3. The Morgan fingerprint density at radius 3 is 2.52 bits per heavy atom. The number of carboxylic acids is 1. The molecule has 4 aromatic rings. The van der Waals surface area contributed by atoms with E-state index in [1.165, 1.54) is 12.1 Å². The number of nitrogens with zero attached hydrogens (tertiary/aromatic N) is 1. The lowest BCUT2D eigenvalue weighted by molar-refractivity contribution is -0.130. The third-order valence-corrected chi connectivity index (χ3v) is 4.53. The van der Waals surface area contributed by atoms with Crippen molar-refractivity contribution in [1.29, 1.82) is 0 Å². The lowest BCUT2D eigenvalue weighted by Gasteiger charge is -2.07. The third-order valence-electron chi connectivity index (χ3n) is 4.53. The van der Waals surface area contributed by atoms with Gasteiger partial charge in [0.25, 0.3) is 0 Å². The molecule has 0 saturated carbocycles. The highest BCUT2D eigenvalue weighted by Gasteiger charge is 2.13. The maximum Gasteiger partial charge on any atom is 0.336 e. The number of phenols is 1. The number of carboxylic acid groups (broad SMARTS) is 1. The number of fused-ring (bicyclic) bond motifs is 1. The topological polar surface area (TPSA) is 127 Å². The van der Waals surface area contributed by atoms with E-state index in [1.54, 1.807) is 60.8 Å². The van der Waals surface area contributed by atoms with Gasteiger partial charge in [-0.05, 0) is 35.9 Å². The van der Waals surface area contributed by atoms with Crippen molar-refractivity contribution in [3.05, 3.63) is 84.1 Å². The summed E-state index contributed by atoms with van der Waals surface area (Å²) in [6.07, 6.45) is 3.25. The summed E-state index contributed by atoms with van der Waals surface area (Å²) < 4.78 is 0. The normalized spacial score (nSPS) is 11.3. The Morgan fingerprint density at radius 2 is 1.77 bits per heavy atom. The van der Waals surface area contributed by atoms with Crippen LogP contribution in [0.1, 0.15) is 11.1 Å². The van der Waals surface area contributed by atoms with Crippen LogP contribution in [0.25, 0.3) is 22.7 Å². The molecule has 154 valence electrons. The average Bonchev–Trinajstić information content (AvgIpc) is 3.14. The van der Waals surface area contributed by atoms with Crippen molar-refractivity contribution >= 4 is 46.2 Å². The van der Waals surface area contributed by atoms with Crippen LogP contribution in [0.4, 0.5) is 16.3 Å². The SMILES string of the molecule is O=C(Nc1cccc(O)c1)Nc1ccc2c(/C=C(/C(=O)O)c3ccccc3)c[nH]c2n1. The molecule has 5 N–H and O–H groups in total. The standard InChI is InChI=1S/C23H18N4O4/c28-17-8-4-7-16(12-17)25-23(31)27-20-10-9-18-15(13-24-21(18)26-20)11-19(22(29)30)14-5-2-1-3-6-14/h1-13,28H,(H,29,30)(H3,24,25,26,27,31)/b19-11+. The first-order chi connectivity index (χ1) is 15.0. The van der Waals surface area contributed by atoms with E-state index in [1.807, 2.05) is 6.07 Å². The Morgan fingerprint density at radius 1 is 0.968 bits per heavy atom. The molecule has 2 aromatic carbocycles. The van der Waals surface area contributed by atoms with Gasteiger partial charge in [-0.3, -0.25) is 5.32 Å². The fraction of sp³-hybridized carbons (Fsp3) is 0. The second-order valence-corrected chi connectivity index (χ2v) is 6.70. The highest BCUT2D eigenvalue weighted by atomic mass is 16.4. The summed E-state index contributed by atoms with van der Waals surface area (Å²) in [5.74, 6) is -0.681. The van der Waals surface area contributed by atoms with Crippen molar-refractivity contribution in [2.24, 2.45) is 0 Å². The van der Waals surface area contributed by atoms with Crippen LogP contribution in [0.15, 0.2) is 72.9 Å². The first-order valence-corrected chi connectivity index (χ1v) is 9.35. The first-order valence-electron chi connectivity index (χ1n) is 9.35. The van der Waals surface area contributed by atoms with E-state index in [-0.39, 0.29) is 11.3 Å². The molecule has 0 aliphatic heterocycles. The number of H-pyrrole nitrogens is 1. The number of nitrogens with one attached hydrogen (secondary N) is 3. The molecular formula is C23H18N4O4. The average molecular weight is 414 g/mol. The van der Waals surface area contributed by atoms with Gasteiger partial charge < -0.3 is 20.5 Å².